The van der Waals surface area contributed by atoms with Crippen LogP contribution in [0.15, 0.2) is 0 Å². The summed E-state index contributed by atoms with van der Waals surface area (Å²) in [5.74, 6) is 2.33. The molecular formula is C5H6O2. The Hall–Kier alpha value is -0.520. The van der Waals surface area contributed by atoms with Gasteiger partial charge in [0.2, 0.25) is 0 Å². The van der Waals surface area contributed by atoms with Gasteiger partial charge in [-0.25, -0.2) is 0 Å². The molecule has 0 amide bonds. The van der Waals surface area contributed by atoms with Crippen LogP contribution in [0.3, 0.4) is 0 Å². The first-order chi connectivity index (χ1) is 3.33. The lowest BCUT2D eigenvalue weighted by Crippen LogP contribution is -2.12. The Bertz CT molecular complexity index is 108. The summed E-state index contributed by atoms with van der Waals surface area (Å²) in [7, 11) is 0. The van der Waals surface area contributed by atoms with Gasteiger partial charge in [-0.1, -0.05) is 5.92 Å². The van der Waals surface area contributed by atoms with Crippen molar-refractivity contribution in [2.24, 2.45) is 0 Å². The molecule has 1 aliphatic rings. The van der Waals surface area contributed by atoms with Crippen molar-refractivity contribution in [2.75, 3.05) is 13.2 Å². The van der Waals surface area contributed by atoms with Gasteiger partial charge >= 0.3 is 0 Å². The van der Waals surface area contributed by atoms with Crippen LogP contribution in [-0.4, -0.2) is 23.9 Å². The summed E-state index contributed by atoms with van der Waals surface area (Å²) in [6.45, 7) is 0.462. The van der Waals surface area contributed by atoms with E-state index in [9.17, 15) is 0 Å². The highest BCUT2D eigenvalue weighted by molar-refractivity contribution is 5.16. The molecular weight excluding hydrogens is 92.1 g/mol. The highest BCUT2D eigenvalue weighted by Crippen LogP contribution is 2.23. The predicted molar refractivity (Wildman–Crippen MR) is 24.6 cm³/mol. The molecule has 0 aliphatic carbocycles. The summed E-state index contributed by atoms with van der Waals surface area (Å²) in [4.78, 5) is 0. The van der Waals surface area contributed by atoms with Crippen LogP contribution in [0.25, 0.3) is 0 Å². The topological polar surface area (TPSA) is 32.8 Å². The summed E-state index contributed by atoms with van der Waals surface area (Å²) in [5, 5.41) is 8.39. The molecule has 1 saturated heterocycles. The molecule has 0 saturated carbocycles. The Kier molecular flexibility index (Phi) is 0.810. The molecule has 1 fully saturated rings. The van der Waals surface area contributed by atoms with Crippen LogP contribution >= 0.6 is 0 Å². The van der Waals surface area contributed by atoms with Crippen LogP contribution in [-0.2, 0) is 4.74 Å². The number of epoxide rings is 1. The van der Waals surface area contributed by atoms with Crippen molar-refractivity contribution in [3.63, 3.8) is 0 Å². The number of aliphatic hydroxyl groups excluding tert-OH is 1. The minimum atomic E-state index is -0.583. The first-order valence-electron chi connectivity index (χ1n) is 2.05. The zero-order valence-electron chi connectivity index (χ0n) is 3.85. The molecule has 2 nitrogen and oxygen atoms in total. The minimum Gasteiger partial charge on any atom is -0.392 e. The van der Waals surface area contributed by atoms with Gasteiger partial charge in [0.05, 0.1) is 13.2 Å². The smallest absolute Gasteiger partial charge is 0.174 e. The lowest BCUT2D eigenvalue weighted by Gasteiger charge is -1.91. The van der Waals surface area contributed by atoms with Gasteiger partial charge in [0.1, 0.15) is 0 Å². The molecule has 38 valence electrons. The second kappa shape index (κ2) is 1.22. The standard InChI is InChI=1S/C5H6O2/c1-2-5(3-6)4-7-5/h1,6H,3-4H2/t5-/m1/s1. The highest BCUT2D eigenvalue weighted by Gasteiger charge is 2.42. The quantitative estimate of drug-likeness (QED) is 0.350. The number of ether oxygens (including phenoxy) is 1. The summed E-state index contributed by atoms with van der Waals surface area (Å²) < 4.78 is 4.71. The van der Waals surface area contributed by atoms with E-state index in [0.717, 1.165) is 0 Å². The average molecular weight is 98.1 g/mol. The van der Waals surface area contributed by atoms with E-state index < -0.39 is 5.60 Å². The summed E-state index contributed by atoms with van der Waals surface area (Å²) in [5.41, 5.74) is -0.583. The number of aliphatic hydroxyl groups is 1. The fourth-order valence-corrected chi connectivity index (χ4v) is 0.307. The van der Waals surface area contributed by atoms with Crippen molar-refractivity contribution in [3.05, 3.63) is 0 Å². The molecule has 0 bridgehead atoms. The first kappa shape index (κ1) is 4.63. The maximum atomic E-state index is 8.39. The van der Waals surface area contributed by atoms with E-state index in [2.05, 4.69) is 5.92 Å². The van der Waals surface area contributed by atoms with Crippen molar-refractivity contribution in [1.29, 1.82) is 0 Å². The fraction of sp³-hybridized carbons (Fsp3) is 0.600. The molecule has 0 aromatic carbocycles. The maximum Gasteiger partial charge on any atom is 0.174 e. The molecule has 0 aromatic heterocycles. The van der Waals surface area contributed by atoms with Crippen LogP contribution in [0.2, 0.25) is 0 Å². The first-order valence-corrected chi connectivity index (χ1v) is 2.05. The van der Waals surface area contributed by atoms with Crippen LogP contribution in [0, 0.1) is 12.3 Å². The Morgan fingerprint density at radius 2 is 2.57 bits per heavy atom. The Morgan fingerprint density at radius 1 is 2.00 bits per heavy atom. The van der Waals surface area contributed by atoms with E-state index in [-0.39, 0.29) is 6.61 Å². The molecule has 2 heteroatoms. The largest absolute Gasteiger partial charge is 0.392 e. The molecule has 7 heavy (non-hydrogen) atoms. The lowest BCUT2D eigenvalue weighted by molar-refractivity contribution is 0.209. The van der Waals surface area contributed by atoms with E-state index in [1.54, 1.807) is 0 Å². The molecule has 1 N–H and O–H groups in total. The van der Waals surface area contributed by atoms with E-state index in [1.807, 2.05) is 0 Å². The molecule has 0 spiro atoms. The maximum absolute atomic E-state index is 8.39. The van der Waals surface area contributed by atoms with Gasteiger partial charge in [-0.15, -0.1) is 6.42 Å². The second-order valence-corrected chi connectivity index (χ2v) is 1.59. The van der Waals surface area contributed by atoms with Gasteiger partial charge < -0.3 is 9.84 Å². The van der Waals surface area contributed by atoms with Gasteiger partial charge in [0.25, 0.3) is 0 Å². The zero-order valence-corrected chi connectivity index (χ0v) is 3.85. The molecule has 1 atom stereocenters. The van der Waals surface area contributed by atoms with Crippen molar-refractivity contribution in [1.82, 2.24) is 0 Å². The fourth-order valence-electron chi connectivity index (χ4n) is 0.307. The van der Waals surface area contributed by atoms with E-state index in [0.29, 0.717) is 6.61 Å². The van der Waals surface area contributed by atoms with Crippen molar-refractivity contribution in [2.45, 2.75) is 5.60 Å². The van der Waals surface area contributed by atoms with Gasteiger partial charge in [-0.05, 0) is 0 Å². The molecule has 0 radical (unpaired) electrons. The van der Waals surface area contributed by atoms with Crippen LogP contribution in [0.1, 0.15) is 0 Å². The monoisotopic (exact) mass is 98.0 g/mol. The van der Waals surface area contributed by atoms with Gasteiger partial charge in [-0.3, -0.25) is 0 Å². The van der Waals surface area contributed by atoms with Crippen LogP contribution < -0.4 is 0 Å². The van der Waals surface area contributed by atoms with Crippen LogP contribution in [0.4, 0.5) is 0 Å². The highest BCUT2D eigenvalue weighted by atomic mass is 16.6. The molecule has 1 rings (SSSR count). The zero-order chi connectivity index (χ0) is 5.33. The second-order valence-electron chi connectivity index (χ2n) is 1.59. The van der Waals surface area contributed by atoms with Gasteiger partial charge in [-0.2, -0.15) is 0 Å². The third-order valence-electron chi connectivity index (χ3n) is 1.01. The predicted octanol–water partition coefficient (Wildman–Crippen LogP) is -0.619. The van der Waals surface area contributed by atoms with E-state index in [1.165, 1.54) is 0 Å². The summed E-state index contributed by atoms with van der Waals surface area (Å²) in [6, 6.07) is 0. The number of rotatable bonds is 1. The number of terminal acetylenes is 1. The average Bonchev–Trinajstić information content (AvgIpc) is 2.46. The van der Waals surface area contributed by atoms with Crippen molar-refractivity contribution < 1.29 is 9.84 Å². The number of hydrogen-bond donors (Lipinski definition) is 1. The normalized spacial score (nSPS) is 37.1. The van der Waals surface area contributed by atoms with E-state index >= 15 is 0 Å². The SMILES string of the molecule is C#C[C@@]1(CO)CO1. The minimum absolute atomic E-state index is 0.0521. The third-order valence-corrected chi connectivity index (χ3v) is 1.01. The Balaban J connectivity index is 2.47. The molecule has 1 heterocycles. The Morgan fingerprint density at radius 3 is 2.57 bits per heavy atom. The van der Waals surface area contributed by atoms with Gasteiger partial charge in [0, 0.05) is 0 Å². The Labute approximate surface area is 42.1 Å². The summed E-state index contributed by atoms with van der Waals surface area (Å²) in [6.07, 6.45) is 4.94. The number of hydrogen-bond acceptors (Lipinski definition) is 2. The van der Waals surface area contributed by atoms with E-state index in [4.69, 9.17) is 16.3 Å². The van der Waals surface area contributed by atoms with Crippen LogP contribution in [0.5, 0.6) is 0 Å². The van der Waals surface area contributed by atoms with Gasteiger partial charge in [0.15, 0.2) is 5.60 Å². The van der Waals surface area contributed by atoms with Crippen molar-refractivity contribution in [3.8, 4) is 12.3 Å². The van der Waals surface area contributed by atoms with Crippen molar-refractivity contribution >= 4 is 0 Å². The molecule has 0 unspecified atom stereocenters. The lowest BCUT2D eigenvalue weighted by atomic mass is 10.2. The third kappa shape index (κ3) is 0.604. The molecule has 0 aromatic rings. The molecule has 1 aliphatic heterocycles. The summed E-state index contributed by atoms with van der Waals surface area (Å²) >= 11 is 0.